The van der Waals surface area contributed by atoms with Gasteiger partial charge in [0.05, 0.1) is 19.7 Å². The lowest BCUT2D eigenvalue weighted by Gasteiger charge is -2.51. The number of methoxy groups -OCH3 is 1. The number of fused-ring (bicyclic) bond motifs is 2. The van der Waals surface area contributed by atoms with Crippen LogP contribution in [-0.2, 0) is 11.3 Å². The highest BCUT2D eigenvalue weighted by molar-refractivity contribution is 5.77. The largest absolute Gasteiger partial charge is 0.497 e. The number of amides is 1. The SMILES string of the molecule is COc1ccc(C2CN(C(=O)CCn3nnnc3C)C3C4CCN(CC4)C23)cc1. The molecule has 3 atom stereocenters. The smallest absolute Gasteiger partial charge is 0.224 e. The van der Waals surface area contributed by atoms with E-state index >= 15 is 0 Å². The molecule has 4 aliphatic rings. The van der Waals surface area contributed by atoms with Crippen molar-refractivity contribution in [3.63, 3.8) is 0 Å². The van der Waals surface area contributed by atoms with Gasteiger partial charge in [0.25, 0.3) is 0 Å². The van der Waals surface area contributed by atoms with E-state index in [2.05, 4.69) is 37.5 Å². The zero-order valence-electron chi connectivity index (χ0n) is 17.1. The lowest BCUT2D eigenvalue weighted by Crippen LogP contribution is -2.60. The molecule has 8 nitrogen and oxygen atoms in total. The number of nitrogens with zero attached hydrogens (tertiary/aromatic N) is 6. The van der Waals surface area contributed by atoms with Crippen LogP contribution in [0.5, 0.6) is 5.75 Å². The summed E-state index contributed by atoms with van der Waals surface area (Å²) in [5.74, 6) is 2.81. The average molecular weight is 396 g/mol. The summed E-state index contributed by atoms with van der Waals surface area (Å²) in [7, 11) is 1.69. The topological polar surface area (TPSA) is 76.4 Å². The molecule has 0 spiro atoms. The molecule has 154 valence electrons. The second kappa shape index (κ2) is 7.40. The van der Waals surface area contributed by atoms with Gasteiger partial charge >= 0.3 is 0 Å². The molecular formula is C21H28N6O2. The Morgan fingerprint density at radius 3 is 2.59 bits per heavy atom. The number of aryl methyl sites for hydroxylation is 2. The Balaban J connectivity index is 1.38. The third-order valence-electron chi connectivity index (χ3n) is 7.11. The molecule has 0 radical (unpaired) electrons. The van der Waals surface area contributed by atoms with Gasteiger partial charge in [0.2, 0.25) is 5.91 Å². The highest BCUT2D eigenvalue weighted by atomic mass is 16.5. The van der Waals surface area contributed by atoms with Crippen molar-refractivity contribution in [3.8, 4) is 5.75 Å². The quantitative estimate of drug-likeness (QED) is 0.762. The Morgan fingerprint density at radius 2 is 1.93 bits per heavy atom. The number of rotatable bonds is 5. The van der Waals surface area contributed by atoms with E-state index in [1.165, 1.54) is 18.4 Å². The lowest BCUT2D eigenvalue weighted by atomic mass is 9.75. The van der Waals surface area contributed by atoms with Gasteiger partial charge < -0.3 is 9.64 Å². The maximum absolute atomic E-state index is 13.3. The molecule has 1 aromatic carbocycles. The van der Waals surface area contributed by atoms with E-state index in [0.717, 1.165) is 31.2 Å². The van der Waals surface area contributed by atoms with Crippen molar-refractivity contribution in [1.29, 1.82) is 0 Å². The summed E-state index contributed by atoms with van der Waals surface area (Å²) in [5.41, 5.74) is 1.31. The Hall–Kier alpha value is -2.48. The van der Waals surface area contributed by atoms with Gasteiger partial charge in [-0.1, -0.05) is 12.1 Å². The van der Waals surface area contributed by atoms with Gasteiger partial charge in [0, 0.05) is 24.9 Å². The maximum Gasteiger partial charge on any atom is 0.224 e. The molecule has 2 bridgehead atoms. The fraction of sp³-hybridized carbons (Fsp3) is 0.619. The first-order valence-corrected chi connectivity index (χ1v) is 10.6. The fourth-order valence-corrected chi connectivity index (χ4v) is 5.65. The third-order valence-corrected chi connectivity index (χ3v) is 7.11. The Kier molecular flexibility index (Phi) is 4.73. The first kappa shape index (κ1) is 18.5. The van der Waals surface area contributed by atoms with Crippen LogP contribution in [0, 0.1) is 12.8 Å². The van der Waals surface area contributed by atoms with Crippen molar-refractivity contribution < 1.29 is 9.53 Å². The lowest BCUT2D eigenvalue weighted by molar-refractivity contribution is -0.136. The molecule has 3 unspecified atom stereocenters. The number of piperidine rings is 3. The number of carbonyl (C=O) groups is 1. The van der Waals surface area contributed by atoms with Crippen LogP contribution in [-0.4, -0.2) is 74.7 Å². The summed E-state index contributed by atoms with van der Waals surface area (Å²) in [6.07, 6.45) is 2.84. The molecule has 0 aliphatic carbocycles. The summed E-state index contributed by atoms with van der Waals surface area (Å²) in [4.78, 5) is 18.1. The van der Waals surface area contributed by atoms with Gasteiger partial charge in [-0.25, -0.2) is 4.68 Å². The first-order valence-electron chi connectivity index (χ1n) is 10.6. The number of tetrazole rings is 1. The van der Waals surface area contributed by atoms with Gasteiger partial charge in [0.15, 0.2) is 0 Å². The molecule has 1 aromatic heterocycles. The maximum atomic E-state index is 13.3. The minimum absolute atomic E-state index is 0.222. The molecule has 2 aromatic rings. The Bertz CT molecular complexity index is 874. The minimum Gasteiger partial charge on any atom is -0.497 e. The summed E-state index contributed by atoms with van der Waals surface area (Å²) >= 11 is 0. The zero-order chi connectivity index (χ0) is 20.0. The van der Waals surface area contributed by atoms with Crippen LogP contribution in [0.4, 0.5) is 0 Å². The minimum atomic E-state index is 0.222. The monoisotopic (exact) mass is 396 g/mol. The standard InChI is InChI=1S/C21H28N6O2/c1-14-22-23-24-27(14)12-9-19(28)26-13-18(15-3-5-17(29-2)6-4-15)21-20(26)16-7-10-25(21)11-8-16/h3-6,16,18,20-21H,7-13H2,1-2H3. The molecule has 4 saturated heterocycles. The molecule has 6 rings (SSSR count). The second-order valence-electron chi connectivity index (χ2n) is 8.48. The number of aromatic nitrogens is 4. The predicted molar refractivity (Wildman–Crippen MR) is 106 cm³/mol. The average Bonchev–Trinajstić information content (AvgIpc) is 3.38. The molecule has 29 heavy (non-hydrogen) atoms. The Labute approximate surface area is 170 Å². The third kappa shape index (κ3) is 3.19. The molecule has 0 saturated carbocycles. The van der Waals surface area contributed by atoms with Gasteiger partial charge in [0.1, 0.15) is 11.6 Å². The molecule has 4 aliphatic heterocycles. The van der Waals surface area contributed by atoms with Crippen LogP contribution >= 0.6 is 0 Å². The molecule has 1 amide bonds. The summed E-state index contributed by atoms with van der Waals surface area (Å²) in [6, 6.07) is 9.16. The number of likely N-dealkylation sites (tertiary alicyclic amines) is 1. The van der Waals surface area contributed by atoms with E-state index in [1.54, 1.807) is 11.8 Å². The van der Waals surface area contributed by atoms with Crippen LogP contribution in [0.3, 0.4) is 0 Å². The van der Waals surface area contributed by atoms with Crippen LogP contribution in [0.25, 0.3) is 0 Å². The van der Waals surface area contributed by atoms with Crippen molar-refractivity contribution in [2.45, 2.75) is 50.7 Å². The number of benzene rings is 1. The van der Waals surface area contributed by atoms with E-state index in [4.69, 9.17) is 4.74 Å². The van der Waals surface area contributed by atoms with E-state index in [0.29, 0.717) is 36.9 Å². The fourth-order valence-electron chi connectivity index (χ4n) is 5.65. The van der Waals surface area contributed by atoms with Crippen molar-refractivity contribution in [2.75, 3.05) is 26.7 Å². The van der Waals surface area contributed by atoms with Gasteiger partial charge in [-0.15, -0.1) is 5.10 Å². The van der Waals surface area contributed by atoms with Gasteiger partial charge in [-0.3, -0.25) is 9.69 Å². The summed E-state index contributed by atoms with van der Waals surface area (Å²) in [5, 5.41) is 11.6. The van der Waals surface area contributed by atoms with E-state index in [9.17, 15) is 4.79 Å². The first-order chi connectivity index (χ1) is 14.2. The molecule has 5 heterocycles. The number of ether oxygens (including phenoxy) is 1. The van der Waals surface area contributed by atoms with E-state index in [1.807, 2.05) is 19.1 Å². The molecule has 4 fully saturated rings. The van der Waals surface area contributed by atoms with E-state index < -0.39 is 0 Å². The number of carbonyl (C=O) groups excluding carboxylic acids is 1. The van der Waals surface area contributed by atoms with Crippen LogP contribution in [0.15, 0.2) is 24.3 Å². The molecule has 0 N–H and O–H groups in total. The zero-order valence-corrected chi connectivity index (χ0v) is 17.1. The van der Waals surface area contributed by atoms with Crippen LogP contribution in [0.1, 0.15) is 36.6 Å². The van der Waals surface area contributed by atoms with Gasteiger partial charge in [-0.05, 0) is 66.9 Å². The van der Waals surface area contributed by atoms with Crippen LogP contribution in [0.2, 0.25) is 0 Å². The van der Waals surface area contributed by atoms with Crippen LogP contribution < -0.4 is 4.74 Å². The Morgan fingerprint density at radius 1 is 1.17 bits per heavy atom. The van der Waals surface area contributed by atoms with Gasteiger partial charge in [-0.2, -0.15) is 0 Å². The van der Waals surface area contributed by atoms with Crippen molar-refractivity contribution >= 4 is 5.91 Å². The normalized spacial score (nSPS) is 30.4. The molecule has 8 heteroatoms. The van der Waals surface area contributed by atoms with Crippen molar-refractivity contribution in [2.24, 2.45) is 5.92 Å². The van der Waals surface area contributed by atoms with E-state index in [-0.39, 0.29) is 5.91 Å². The second-order valence-corrected chi connectivity index (χ2v) is 8.48. The number of hydrogen-bond donors (Lipinski definition) is 0. The van der Waals surface area contributed by atoms with Crippen molar-refractivity contribution in [1.82, 2.24) is 30.0 Å². The summed E-state index contributed by atoms with van der Waals surface area (Å²) < 4.78 is 7.04. The molecular weight excluding hydrogens is 368 g/mol. The highest BCUT2D eigenvalue weighted by Gasteiger charge is 2.54. The predicted octanol–water partition coefficient (Wildman–Crippen LogP) is 1.47. The summed E-state index contributed by atoms with van der Waals surface area (Å²) in [6.45, 7) is 5.51. The van der Waals surface area contributed by atoms with Crippen molar-refractivity contribution in [3.05, 3.63) is 35.7 Å². The number of hydrogen-bond acceptors (Lipinski definition) is 6. The highest BCUT2D eigenvalue weighted by Crippen LogP contribution is 2.46.